The summed E-state index contributed by atoms with van der Waals surface area (Å²) in [6.45, 7) is 7.81. The molecule has 2 unspecified atom stereocenters. The van der Waals surface area contributed by atoms with Crippen LogP contribution in [-0.2, 0) is 0 Å². The Bertz CT molecular complexity index is 178. The van der Waals surface area contributed by atoms with Crippen LogP contribution in [0, 0.1) is 5.92 Å². The summed E-state index contributed by atoms with van der Waals surface area (Å²) in [6.07, 6.45) is 2.70. The van der Waals surface area contributed by atoms with E-state index in [2.05, 4.69) is 37.7 Å². The van der Waals surface area contributed by atoms with E-state index >= 15 is 0 Å². The standard InChI is InChI=1S/C12H27N3/c1-5-15(10(2)8-14(3)4)9-12(13)11-6-7-11/h10-12H,5-9,13H2,1-4H3. The van der Waals surface area contributed by atoms with Gasteiger partial charge in [0, 0.05) is 25.2 Å². The van der Waals surface area contributed by atoms with Crippen LogP contribution < -0.4 is 5.73 Å². The first-order valence-corrected chi connectivity index (χ1v) is 6.19. The Morgan fingerprint density at radius 1 is 1.27 bits per heavy atom. The Balaban J connectivity index is 2.32. The molecule has 2 N–H and O–H groups in total. The SMILES string of the molecule is CCN(CC(N)C1CC1)C(C)CN(C)C. The lowest BCUT2D eigenvalue weighted by Gasteiger charge is -2.32. The Kier molecular flexibility index (Phi) is 5.03. The molecule has 3 nitrogen and oxygen atoms in total. The van der Waals surface area contributed by atoms with E-state index in [1.807, 2.05) is 0 Å². The minimum atomic E-state index is 0.398. The van der Waals surface area contributed by atoms with Gasteiger partial charge in [-0.2, -0.15) is 0 Å². The highest BCUT2D eigenvalue weighted by molar-refractivity contribution is 4.87. The van der Waals surface area contributed by atoms with Crippen molar-refractivity contribution in [3.05, 3.63) is 0 Å². The van der Waals surface area contributed by atoms with E-state index in [1.54, 1.807) is 0 Å². The van der Waals surface area contributed by atoms with Gasteiger partial charge in [0.1, 0.15) is 0 Å². The van der Waals surface area contributed by atoms with Gasteiger partial charge in [-0.25, -0.2) is 0 Å². The molecule has 0 aromatic heterocycles. The average Bonchev–Trinajstić information content (AvgIpc) is 2.95. The second-order valence-electron chi connectivity index (χ2n) is 5.20. The lowest BCUT2D eigenvalue weighted by atomic mass is 10.1. The molecule has 1 rings (SSSR count). The minimum absolute atomic E-state index is 0.398. The largest absolute Gasteiger partial charge is 0.326 e. The zero-order valence-corrected chi connectivity index (χ0v) is 10.7. The molecule has 0 aromatic carbocycles. The maximum atomic E-state index is 6.17. The highest BCUT2D eigenvalue weighted by Crippen LogP contribution is 2.31. The zero-order chi connectivity index (χ0) is 11.4. The fourth-order valence-electron chi connectivity index (χ4n) is 2.21. The normalized spacial score (nSPS) is 21.0. The fraction of sp³-hybridized carbons (Fsp3) is 1.00. The molecule has 0 amide bonds. The highest BCUT2D eigenvalue weighted by Gasteiger charge is 2.30. The van der Waals surface area contributed by atoms with Gasteiger partial charge >= 0.3 is 0 Å². The maximum Gasteiger partial charge on any atom is 0.0196 e. The van der Waals surface area contributed by atoms with Gasteiger partial charge in [-0.1, -0.05) is 6.92 Å². The molecule has 1 aliphatic carbocycles. The summed E-state index contributed by atoms with van der Waals surface area (Å²) in [6, 6.07) is 1.00. The summed E-state index contributed by atoms with van der Waals surface area (Å²) in [7, 11) is 4.26. The second kappa shape index (κ2) is 5.83. The van der Waals surface area contributed by atoms with E-state index in [4.69, 9.17) is 5.73 Å². The number of nitrogens with zero attached hydrogens (tertiary/aromatic N) is 2. The van der Waals surface area contributed by atoms with Crippen LogP contribution in [0.4, 0.5) is 0 Å². The Morgan fingerprint density at radius 3 is 2.27 bits per heavy atom. The van der Waals surface area contributed by atoms with Crippen molar-refractivity contribution < 1.29 is 0 Å². The molecule has 1 fully saturated rings. The van der Waals surface area contributed by atoms with Gasteiger partial charge in [0.05, 0.1) is 0 Å². The van der Waals surface area contributed by atoms with Gasteiger partial charge in [-0.15, -0.1) is 0 Å². The maximum absolute atomic E-state index is 6.17. The van der Waals surface area contributed by atoms with Crippen LogP contribution >= 0.6 is 0 Å². The molecule has 1 aliphatic rings. The molecule has 0 saturated heterocycles. The molecular weight excluding hydrogens is 186 g/mol. The van der Waals surface area contributed by atoms with Crippen molar-refractivity contribution in [2.75, 3.05) is 33.7 Å². The third kappa shape index (κ3) is 4.49. The topological polar surface area (TPSA) is 32.5 Å². The quantitative estimate of drug-likeness (QED) is 0.685. The van der Waals surface area contributed by atoms with E-state index in [-0.39, 0.29) is 0 Å². The van der Waals surface area contributed by atoms with Crippen molar-refractivity contribution in [3.8, 4) is 0 Å². The summed E-state index contributed by atoms with van der Waals surface area (Å²) in [5.74, 6) is 0.811. The van der Waals surface area contributed by atoms with E-state index in [1.165, 1.54) is 12.8 Å². The third-order valence-corrected chi connectivity index (χ3v) is 3.33. The van der Waals surface area contributed by atoms with E-state index in [0.29, 0.717) is 12.1 Å². The predicted octanol–water partition coefficient (Wildman–Crippen LogP) is 0.996. The molecule has 2 atom stereocenters. The number of hydrogen-bond donors (Lipinski definition) is 1. The number of hydrogen-bond acceptors (Lipinski definition) is 3. The van der Waals surface area contributed by atoms with Crippen molar-refractivity contribution in [1.82, 2.24) is 9.80 Å². The Hall–Kier alpha value is -0.120. The van der Waals surface area contributed by atoms with E-state index in [9.17, 15) is 0 Å². The molecule has 0 bridgehead atoms. The summed E-state index contributed by atoms with van der Waals surface area (Å²) in [5.41, 5.74) is 6.17. The molecule has 90 valence electrons. The van der Waals surface area contributed by atoms with Crippen LogP contribution in [0.1, 0.15) is 26.7 Å². The minimum Gasteiger partial charge on any atom is -0.326 e. The first-order valence-electron chi connectivity index (χ1n) is 6.19. The molecule has 0 spiro atoms. The summed E-state index contributed by atoms with van der Waals surface area (Å²) < 4.78 is 0. The lowest BCUT2D eigenvalue weighted by Crippen LogP contribution is -2.46. The van der Waals surface area contributed by atoms with Crippen molar-refractivity contribution in [3.63, 3.8) is 0 Å². The molecule has 0 heterocycles. The smallest absolute Gasteiger partial charge is 0.0196 e. The van der Waals surface area contributed by atoms with Crippen LogP contribution in [0.5, 0.6) is 0 Å². The molecule has 15 heavy (non-hydrogen) atoms. The van der Waals surface area contributed by atoms with Crippen molar-refractivity contribution in [1.29, 1.82) is 0 Å². The average molecular weight is 213 g/mol. The Morgan fingerprint density at radius 2 is 1.87 bits per heavy atom. The third-order valence-electron chi connectivity index (χ3n) is 3.33. The van der Waals surface area contributed by atoms with E-state index in [0.717, 1.165) is 25.6 Å². The Labute approximate surface area is 94.6 Å². The fourth-order valence-corrected chi connectivity index (χ4v) is 2.21. The van der Waals surface area contributed by atoms with Crippen LogP contribution in [0.3, 0.4) is 0 Å². The van der Waals surface area contributed by atoms with Crippen LogP contribution in [0.25, 0.3) is 0 Å². The number of rotatable bonds is 7. The van der Waals surface area contributed by atoms with Gasteiger partial charge in [0.25, 0.3) is 0 Å². The molecule has 0 aromatic rings. The van der Waals surface area contributed by atoms with Crippen molar-refractivity contribution in [2.45, 2.75) is 38.8 Å². The predicted molar refractivity (Wildman–Crippen MR) is 66.0 cm³/mol. The van der Waals surface area contributed by atoms with Gasteiger partial charge < -0.3 is 10.6 Å². The summed E-state index contributed by atoms with van der Waals surface area (Å²) in [5, 5.41) is 0. The van der Waals surface area contributed by atoms with Crippen molar-refractivity contribution >= 4 is 0 Å². The molecule has 0 radical (unpaired) electrons. The van der Waals surface area contributed by atoms with Crippen LogP contribution in [0.2, 0.25) is 0 Å². The molecular formula is C12H27N3. The zero-order valence-electron chi connectivity index (χ0n) is 10.7. The molecule has 1 saturated carbocycles. The van der Waals surface area contributed by atoms with Gasteiger partial charge in [-0.05, 0) is 46.3 Å². The van der Waals surface area contributed by atoms with Crippen LogP contribution in [0.15, 0.2) is 0 Å². The van der Waals surface area contributed by atoms with Crippen LogP contribution in [-0.4, -0.2) is 55.6 Å². The molecule has 3 heteroatoms. The second-order valence-corrected chi connectivity index (χ2v) is 5.20. The lowest BCUT2D eigenvalue weighted by molar-refractivity contribution is 0.168. The van der Waals surface area contributed by atoms with Gasteiger partial charge in [0.2, 0.25) is 0 Å². The number of likely N-dealkylation sites (N-methyl/N-ethyl adjacent to an activating group) is 2. The first-order chi connectivity index (χ1) is 7.04. The first kappa shape index (κ1) is 12.9. The van der Waals surface area contributed by atoms with E-state index < -0.39 is 0 Å². The summed E-state index contributed by atoms with van der Waals surface area (Å²) >= 11 is 0. The van der Waals surface area contributed by atoms with Crippen molar-refractivity contribution in [2.24, 2.45) is 11.7 Å². The number of nitrogens with two attached hydrogens (primary N) is 1. The highest BCUT2D eigenvalue weighted by atomic mass is 15.2. The molecule has 0 aliphatic heterocycles. The van der Waals surface area contributed by atoms with Gasteiger partial charge in [0.15, 0.2) is 0 Å². The monoisotopic (exact) mass is 213 g/mol. The summed E-state index contributed by atoms with van der Waals surface area (Å²) in [4.78, 5) is 4.75. The van der Waals surface area contributed by atoms with Gasteiger partial charge in [-0.3, -0.25) is 4.90 Å².